The topological polar surface area (TPSA) is 91.6 Å². The molecule has 8 heteroatoms. The number of benzene rings is 1. The molecule has 1 aliphatic rings. The SMILES string of the molecule is Cc1ccc(NC(=O)NC(=O)CN2CCC(c3nnc4ccccn34)CC2)cc1C. The Hall–Kier alpha value is -3.26. The van der Waals surface area contributed by atoms with Crippen LogP contribution in [-0.2, 0) is 4.79 Å². The zero-order chi connectivity index (χ0) is 21.1. The normalized spacial score (nSPS) is 15.3. The Kier molecular flexibility index (Phi) is 5.76. The predicted octanol–water partition coefficient (Wildman–Crippen LogP) is 2.87. The van der Waals surface area contributed by atoms with Crippen molar-refractivity contribution in [2.75, 3.05) is 25.0 Å². The highest BCUT2D eigenvalue weighted by Crippen LogP contribution is 2.26. The Morgan fingerprint density at radius 2 is 1.87 bits per heavy atom. The summed E-state index contributed by atoms with van der Waals surface area (Å²) in [6, 6.07) is 11.0. The number of nitrogens with zero attached hydrogens (tertiary/aromatic N) is 4. The van der Waals surface area contributed by atoms with E-state index in [-0.39, 0.29) is 12.5 Å². The van der Waals surface area contributed by atoms with Gasteiger partial charge < -0.3 is 5.32 Å². The number of amides is 3. The Bertz CT molecular complexity index is 1070. The molecule has 1 aliphatic heterocycles. The van der Waals surface area contributed by atoms with E-state index in [0.717, 1.165) is 48.5 Å². The molecule has 0 aliphatic carbocycles. The van der Waals surface area contributed by atoms with Gasteiger partial charge >= 0.3 is 6.03 Å². The van der Waals surface area contributed by atoms with Crippen molar-refractivity contribution in [3.63, 3.8) is 0 Å². The summed E-state index contributed by atoms with van der Waals surface area (Å²) in [5, 5.41) is 13.7. The summed E-state index contributed by atoms with van der Waals surface area (Å²) >= 11 is 0. The number of carbonyl (C=O) groups excluding carboxylic acids is 2. The number of imide groups is 1. The Balaban J connectivity index is 1.26. The first-order valence-corrected chi connectivity index (χ1v) is 10.2. The van der Waals surface area contributed by atoms with E-state index in [1.165, 1.54) is 0 Å². The number of rotatable bonds is 4. The van der Waals surface area contributed by atoms with Gasteiger partial charge in [0.15, 0.2) is 5.65 Å². The molecule has 3 aromatic rings. The lowest BCUT2D eigenvalue weighted by molar-refractivity contribution is -0.121. The van der Waals surface area contributed by atoms with Gasteiger partial charge in [0.2, 0.25) is 5.91 Å². The third-order valence-electron chi connectivity index (χ3n) is 5.68. The number of piperidine rings is 1. The van der Waals surface area contributed by atoms with E-state index in [4.69, 9.17) is 0 Å². The molecular weight excluding hydrogens is 380 g/mol. The highest BCUT2D eigenvalue weighted by molar-refractivity contribution is 6.01. The van der Waals surface area contributed by atoms with Crippen LogP contribution in [-0.4, -0.2) is 51.1 Å². The standard InChI is InChI=1S/C22H26N6O2/c1-15-6-7-18(13-16(15)2)23-22(30)24-20(29)14-27-11-8-17(9-12-27)21-26-25-19-5-3-4-10-28(19)21/h3-7,10,13,17H,8-9,11-12,14H2,1-2H3,(H2,23,24,29,30). The fraction of sp³-hybridized carbons (Fsp3) is 0.364. The van der Waals surface area contributed by atoms with Crippen LogP contribution in [0.5, 0.6) is 0 Å². The minimum absolute atomic E-state index is 0.202. The minimum atomic E-state index is -0.506. The average Bonchev–Trinajstić information content (AvgIpc) is 3.15. The second kappa shape index (κ2) is 8.62. The molecule has 1 saturated heterocycles. The molecule has 30 heavy (non-hydrogen) atoms. The van der Waals surface area contributed by atoms with Crippen molar-refractivity contribution in [3.05, 3.63) is 59.5 Å². The van der Waals surface area contributed by atoms with E-state index in [0.29, 0.717) is 11.6 Å². The molecular formula is C22H26N6O2. The molecule has 3 heterocycles. The van der Waals surface area contributed by atoms with Crippen molar-refractivity contribution in [3.8, 4) is 0 Å². The van der Waals surface area contributed by atoms with Crippen molar-refractivity contribution in [2.45, 2.75) is 32.6 Å². The van der Waals surface area contributed by atoms with Crippen LogP contribution in [0.1, 0.15) is 35.7 Å². The van der Waals surface area contributed by atoms with E-state index in [9.17, 15) is 9.59 Å². The number of aromatic nitrogens is 3. The van der Waals surface area contributed by atoms with Gasteiger partial charge in [0.25, 0.3) is 0 Å². The number of carbonyl (C=O) groups is 2. The number of likely N-dealkylation sites (tertiary alicyclic amines) is 1. The molecule has 0 unspecified atom stereocenters. The number of anilines is 1. The van der Waals surface area contributed by atoms with E-state index >= 15 is 0 Å². The molecule has 0 saturated carbocycles. The highest BCUT2D eigenvalue weighted by Gasteiger charge is 2.25. The molecule has 3 amide bonds. The number of pyridine rings is 1. The molecule has 0 atom stereocenters. The molecule has 2 aromatic heterocycles. The van der Waals surface area contributed by atoms with E-state index in [1.54, 1.807) is 0 Å². The van der Waals surface area contributed by atoms with E-state index in [2.05, 4.69) is 25.7 Å². The summed E-state index contributed by atoms with van der Waals surface area (Å²) in [5.74, 6) is 0.986. The third-order valence-corrected chi connectivity index (χ3v) is 5.68. The van der Waals surface area contributed by atoms with Crippen LogP contribution in [0, 0.1) is 13.8 Å². The summed E-state index contributed by atoms with van der Waals surface area (Å²) < 4.78 is 2.03. The maximum Gasteiger partial charge on any atom is 0.325 e. The highest BCUT2D eigenvalue weighted by atomic mass is 16.2. The lowest BCUT2D eigenvalue weighted by atomic mass is 9.96. The quantitative estimate of drug-likeness (QED) is 0.695. The maximum absolute atomic E-state index is 12.3. The summed E-state index contributed by atoms with van der Waals surface area (Å²) in [6.45, 7) is 5.75. The number of urea groups is 1. The molecule has 0 bridgehead atoms. The van der Waals surface area contributed by atoms with Crippen LogP contribution in [0.3, 0.4) is 0 Å². The van der Waals surface area contributed by atoms with Gasteiger partial charge in [0.1, 0.15) is 5.82 Å². The summed E-state index contributed by atoms with van der Waals surface area (Å²) in [5.41, 5.74) is 3.76. The number of hydrogen-bond acceptors (Lipinski definition) is 5. The van der Waals surface area contributed by atoms with Crippen LogP contribution >= 0.6 is 0 Å². The van der Waals surface area contributed by atoms with Crippen LogP contribution in [0.2, 0.25) is 0 Å². The molecule has 1 aromatic carbocycles. The largest absolute Gasteiger partial charge is 0.325 e. The smallest absolute Gasteiger partial charge is 0.308 e. The van der Waals surface area contributed by atoms with Gasteiger partial charge in [-0.15, -0.1) is 10.2 Å². The Labute approximate surface area is 175 Å². The zero-order valence-electron chi connectivity index (χ0n) is 17.3. The second-order valence-electron chi connectivity index (χ2n) is 7.84. The number of fused-ring (bicyclic) bond motifs is 1. The average molecular weight is 406 g/mol. The third kappa shape index (κ3) is 4.49. The molecule has 2 N–H and O–H groups in total. The molecule has 0 spiro atoms. The number of hydrogen-bond donors (Lipinski definition) is 2. The van der Waals surface area contributed by atoms with Crippen molar-refractivity contribution < 1.29 is 9.59 Å². The van der Waals surface area contributed by atoms with Crippen LogP contribution in [0.4, 0.5) is 10.5 Å². The molecule has 1 fully saturated rings. The molecule has 156 valence electrons. The Morgan fingerprint density at radius 1 is 1.07 bits per heavy atom. The van der Waals surface area contributed by atoms with Crippen molar-refractivity contribution in [1.29, 1.82) is 0 Å². The molecule has 0 radical (unpaired) electrons. The van der Waals surface area contributed by atoms with Gasteiger partial charge in [-0.2, -0.15) is 0 Å². The van der Waals surface area contributed by atoms with E-state index in [1.807, 2.05) is 60.8 Å². The van der Waals surface area contributed by atoms with Crippen molar-refractivity contribution in [1.82, 2.24) is 24.8 Å². The first-order valence-electron chi connectivity index (χ1n) is 10.2. The Morgan fingerprint density at radius 3 is 2.63 bits per heavy atom. The van der Waals surface area contributed by atoms with Crippen LogP contribution in [0.15, 0.2) is 42.6 Å². The first kappa shape index (κ1) is 20.0. The monoisotopic (exact) mass is 406 g/mol. The fourth-order valence-electron chi connectivity index (χ4n) is 3.84. The minimum Gasteiger partial charge on any atom is -0.308 e. The summed E-state index contributed by atoms with van der Waals surface area (Å²) in [7, 11) is 0. The van der Waals surface area contributed by atoms with Gasteiger partial charge in [-0.05, 0) is 75.2 Å². The first-order chi connectivity index (χ1) is 14.5. The lowest BCUT2D eigenvalue weighted by Crippen LogP contribution is -2.44. The van der Waals surface area contributed by atoms with Crippen molar-refractivity contribution in [2.24, 2.45) is 0 Å². The fourth-order valence-corrected chi connectivity index (χ4v) is 3.84. The maximum atomic E-state index is 12.3. The van der Waals surface area contributed by atoms with Gasteiger partial charge in [-0.3, -0.25) is 19.4 Å². The summed E-state index contributed by atoms with van der Waals surface area (Å²) in [6.07, 6.45) is 3.79. The van der Waals surface area contributed by atoms with Gasteiger partial charge in [0, 0.05) is 17.8 Å². The lowest BCUT2D eigenvalue weighted by Gasteiger charge is -2.30. The molecule has 8 nitrogen and oxygen atoms in total. The number of aryl methyl sites for hydroxylation is 2. The zero-order valence-corrected chi connectivity index (χ0v) is 17.3. The van der Waals surface area contributed by atoms with Gasteiger partial charge in [-0.25, -0.2) is 4.79 Å². The summed E-state index contributed by atoms with van der Waals surface area (Å²) in [4.78, 5) is 26.5. The predicted molar refractivity (Wildman–Crippen MR) is 114 cm³/mol. The van der Waals surface area contributed by atoms with Gasteiger partial charge in [-0.1, -0.05) is 12.1 Å². The van der Waals surface area contributed by atoms with Crippen molar-refractivity contribution >= 4 is 23.3 Å². The van der Waals surface area contributed by atoms with Crippen LogP contribution in [0.25, 0.3) is 5.65 Å². The van der Waals surface area contributed by atoms with Gasteiger partial charge in [0.05, 0.1) is 6.54 Å². The van der Waals surface area contributed by atoms with Crippen LogP contribution < -0.4 is 10.6 Å². The van der Waals surface area contributed by atoms with E-state index < -0.39 is 6.03 Å². The molecule has 4 rings (SSSR count). The second-order valence-corrected chi connectivity index (χ2v) is 7.84. The number of nitrogens with one attached hydrogen (secondary N) is 2.